The third-order valence-corrected chi connectivity index (χ3v) is 1.98. The van der Waals surface area contributed by atoms with Crippen LogP contribution < -0.4 is 5.32 Å². The van der Waals surface area contributed by atoms with Gasteiger partial charge in [0.1, 0.15) is 5.92 Å². The molecule has 1 atom stereocenters. The Bertz CT molecular complexity index is 401. The molecule has 0 aromatic heterocycles. The van der Waals surface area contributed by atoms with Crippen molar-refractivity contribution in [1.82, 2.24) is 5.32 Å². The molecule has 0 aliphatic rings. The first-order valence-corrected chi connectivity index (χ1v) is 4.69. The van der Waals surface area contributed by atoms with E-state index in [0.717, 1.165) is 6.21 Å². The summed E-state index contributed by atoms with van der Waals surface area (Å²) in [6.45, 7) is 0. The van der Waals surface area contributed by atoms with E-state index in [1.165, 1.54) is 7.05 Å². The molecule has 0 saturated heterocycles. The van der Waals surface area contributed by atoms with Crippen LogP contribution in [0.2, 0.25) is 0 Å². The Morgan fingerprint density at radius 1 is 1.38 bits per heavy atom. The topological polar surface area (TPSA) is 78.8 Å². The molecule has 0 radical (unpaired) electrons. The van der Waals surface area contributed by atoms with Crippen LogP contribution in [0.4, 0.5) is 4.79 Å². The first-order valence-electron chi connectivity index (χ1n) is 4.69. The van der Waals surface area contributed by atoms with Crippen molar-refractivity contribution in [2.24, 2.45) is 4.99 Å². The molecule has 1 rings (SSSR count). The molecule has 1 aromatic rings. The normalized spacial score (nSPS) is 12.3. The molecule has 2 amide bonds. The Balaban J connectivity index is 2.89. The Labute approximate surface area is 92.8 Å². The minimum atomic E-state index is -1.04. The van der Waals surface area contributed by atoms with E-state index in [0.29, 0.717) is 5.56 Å². The summed E-state index contributed by atoms with van der Waals surface area (Å²) in [4.78, 5) is 25.3. The smallest absolute Gasteiger partial charge is 0.340 e. The lowest BCUT2D eigenvalue weighted by Gasteiger charge is -2.06. The summed E-state index contributed by atoms with van der Waals surface area (Å²) in [5.41, 5.74) is 0.586. The molecule has 84 valence electrons. The highest BCUT2D eigenvalue weighted by Gasteiger charge is 2.17. The van der Waals surface area contributed by atoms with E-state index in [2.05, 4.69) is 10.3 Å². The number of carboxylic acid groups (broad SMARTS) is 1. The van der Waals surface area contributed by atoms with Gasteiger partial charge in [-0.05, 0) is 5.56 Å². The molecule has 0 aliphatic carbocycles. The van der Waals surface area contributed by atoms with Crippen molar-refractivity contribution in [3.63, 3.8) is 0 Å². The lowest BCUT2D eigenvalue weighted by molar-refractivity contribution is -0.136. The minimum absolute atomic E-state index is 0.567. The van der Waals surface area contributed by atoms with Crippen LogP contribution in [0.3, 0.4) is 0 Å². The summed E-state index contributed by atoms with van der Waals surface area (Å²) < 4.78 is 0. The average molecular weight is 220 g/mol. The summed E-state index contributed by atoms with van der Waals surface area (Å²) in [7, 11) is 1.43. The van der Waals surface area contributed by atoms with E-state index >= 15 is 0 Å². The van der Waals surface area contributed by atoms with E-state index in [-0.39, 0.29) is 0 Å². The van der Waals surface area contributed by atoms with Gasteiger partial charge in [-0.15, -0.1) is 0 Å². The molecule has 0 heterocycles. The van der Waals surface area contributed by atoms with Crippen LogP contribution in [-0.4, -0.2) is 30.4 Å². The number of benzene rings is 1. The number of hydrogen-bond acceptors (Lipinski definition) is 2. The fourth-order valence-corrected chi connectivity index (χ4v) is 1.16. The van der Waals surface area contributed by atoms with Crippen molar-refractivity contribution in [2.75, 3.05) is 7.05 Å². The van der Waals surface area contributed by atoms with E-state index in [1.807, 2.05) is 0 Å². The molecule has 0 bridgehead atoms. The van der Waals surface area contributed by atoms with Crippen molar-refractivity contribution >= 4 is 18.2 Å². The second-order valence-corrected chi connectivity index (χ2v) is 3.06. The standard InChI is InChI=1S/C11H12N2O3/c1-12-11(16)13-7-9(10(14)15)8-5-3-2-4-6-8/h2-7,9H,1H3,(H,12,16)(H,14,15)/b13-7+. The van der Waals surface area contributed by atoms with Gasteiger partial charge in [-0.2, -0.15) is 0 Å². The van der Waals surface area contributed by atoms with Crippen LogP contribution in [-0.2, 0) is 4.79 Å². The summed E-state index contributed by atoms with van der Waals surface area (Å²) in [5.74, 6) is -1.95. The maximum absolute atomic E-state index is 11.0. The second-order valence-electron chi connectivity index (χ2n) is 3.06. The Hall–Kier alpha value is -2.17. The quantitative estimate of drug-likeness (QED) is 0.753. The molecule has 5 nitrogen and oxygen atoms in total. The number of nitrogens with one attached hydrogen (secondary N) is 1. The van der Waals surface area contributed by atoms with Gasteiger partial charge >= 0.3 is 12.0 Å². The van der Waals surface area contributed by atoms with Crippen LogP contribution in [0.15, 0.2) is 35.3 Å². The zero-order valence-corrected chi connectivity index (χ0v) is 8.75. The molecule has 1 aromatic carbocycles. The van der Waals surface area contributed by atoms with Gasteiger partial charge in [-0.3, -0.25) is 4.79 Å². The number of carboxylic acids is 1. The molecular formula is C11H12N2O3. The van der Waals surface area contributed by atoms with Gasteiger partial charge in [0.2, 0.25) is 0 Å². The molecule has 0 spiro atoms. The number of nitrogens with zero attached hydrogens (tertiary/aromatic N) is 1. The minimum Gasteiger partial charge on any atom is -0.481 e. The van der Waals surface area contributed by atoms with Gasteiger partial charge in [0.15, 0.2) is 0 Å². The van der Waals surface area contributed by atoms with Crippen LogP contribution in [0.1, 0.15) is 11.5 Å². The highest BCUT2D eigenvalue weighted by Crippen LogP contribution is 2.13. The molecule has 0 fully saturated rings. The van der Waals surface area contributed by atoms with Gasteiger partial charge in [0.25, 0.3) is 0 Å². The summed E-state index contributed by atoms with van der Waals surface area (Å²) >= 11 is 0. The third kappa shape index (κ3) is 3.20. The van der Waals surface area contributed by atoms with Gasteiger partial charge in [-0.1, -0.05) is 30.3 Å². The number of carbonyl (C=O) groups excluding carboxylic acids is 1. The zero-order chi connectivity index (χ0) is 12.0. The Morgan fingerprint density at radius 2 is 2.00 bits per heavy atom. The highest BCUT2D eigenvalue weighted by molar-refractivity contribution is 5.98. The zero-order valence-electron chi connectivity index (χ0n) is 8.75. The first kappa shape index (κ1) is 11.9. The van der Waals surface area contributed by atoms with E-state index in [4.69, 9.17) is 5.11 Å². The number of rotatable bonds is 3. The summed E-state index contributed by atoms with van der Waals surface area (Å²) in [5, 5.41) is 11.3. The fraction of sp³-hybridized carbons (Fsp3) is 0.182. The van der Waals surface area contributed by atoms with Crippen molar-refractivity contribution in [2.45, 2.75) is 5.92 Å². The molecule has 16 heavy (non-hydrogen) atoms. The monoisotopic (exact) mass is 220 g/mol. The summed E-state index contributed by atoms with van der Waals surface area (Å²) in [6, 6.07) is 8.04. The molecule has 1 unspecified atom stereocenters. The largest absolute Gasteiger partial charge is 0.481 e. The van der Waals surface area contributed by atoms with Crippen LogP contribution in [0.5, 0.6) is 0 Å². The lowest BCUT2D eigenvalue weighted by atomic mass is 10.0. The van der Waals surface area contributed by atoms with Gasteiger partial charge < -0.3 is 10.4 Å². The number of aliphatic imine (C=N–C) groups is 1. The molecule has 0 aliphatic heterocycles. The molecule has 5 heteroatoms. The van der Waals surface area contributed by atoms with Crippen LogP contribution in [0.25, 0.3) is 0 Å². The Kier molecular flexibility index (Phi) is 4.20. The average Bonchev–Trinajstić information content (AvgIpc) is 2.30. The summed E-state index contributed by atoms with van der Waals surface area (Å²) in [6.07, 6.45) is 1.12. The van der Waals surface area contributed by atoms with E-state index in [9.17, 15) is 9.59 Å². The van der Waals surface area contributed by atoms with Crippen molar-refractivity contribution < 1.29 is 14.7 Å². The lowest BCUT2D eigenvalue weighted by Crippen LogP contribution is -2.17. The SMILES string of the molecule is CNC(=O)/N=C/C(C(=O)O)c1ccccc1. The predicted molar refractivity (Wildman–Crippen MR) is 59.8 cm³/mol. The van der Waals surface area contributed by atoms with E-state index in [1.54, 1.807) is 30.3 Å². The number of hydrogen-bond donors (Lipinski definition) is 2. The maximum atomic E-state index is 11.0. The Morgan fingerprint density at radius 3 is 2.50 bits per heavy atom. The first-order chi connectivity index (χ1) is 7.65. The van der Waals surface area contributed by atoms with Gasteiger partial charge in [0.05, 0.1) is 0 Å². The van der Waals surface area contributed by atoms with Crippen molar-refractivity contribution in [1.29, 1.82) is 0 Å². The third-order valence-electron chi connectivity index (χ3n) is 1.98. The maximum Gasteiger partial charge on any atom is 0.340 e. The fourth-order valence-electron chi connectivity index (χ4n) is 1.16. The number of aliphatic carboxylic acids is 1. The second kappa shape index (κ2) is 5.65. The molecule has 0 saturated carbocycles. The molecular weight excluding hydrogens is 208 g/mol. The van der Waals surface area contributed by atoms with Gasteiger partial charge in [0, 0.05) is 13.3 Å². The van der Waals surface area contributed by atoms with E-state index < -0.39 is 17.9 Å². The highest BCUT2D eigenvalue weighted by atomic mass is 16.4. The molecule has 2 N–H and O–H groups in total. The van der Waals surface area contributed by atoms with Crippen molar-refractivity contribution in [3.05, 3.63) is 35.9 Å². The predicted octanol–water partition coefficient (Wildman–Crippen LogP) is 1.26. The van der Waals surface area contributed by atoms with Crippen molar-refractivity contribution in [3.8, 4) is 0 Å². The van der Waals surface area contributed by atoms with Gasteiger partial charge in [-0.25, -0.2) is 9.79 Å². The number of carbonyl (C=O) groups is 2. The van der Waals surface area contributed by atoms with Crippen LogP contribution in [0, 0.1) is 0 Å². The van der Waals surface area contributed by atoms with Crippen LogP contribution >= 0.6 is 0 Å². The number of urea groups is 1. The number of amides is 2.